The number of fused-ring (bicyclic) bond motifs is 3. The number of hydrogen-bond donors (Lipinski definition) is 2. The first-order valence-corrected chi connectivity index (χ1v) is 7.92. The molecule has 0 radical (unpaired) electrons. The largest absolute Gasteiger partial charge is 0.494 e. The highest BCUT2D eigenvalue weighted by Gasteiger charge is 2.24. The fraction of sp³-hybridized carbons (Fsp3) is 0.263. The van der Waals surface area contributed by atoms with Gasteiger partial charge in [0.25, 0.3) is 0 Å². The lowest BCUT2D eigenvalue weighted by Gasteiger charge is -2.25. The SMILES string of the molecule is CCOc1ccc(C2NCCc3c2[nH]c2ccccc32)cc1. The second-order valence-corrected chi connectivity index (χ2v) is 5.70. The van der Waals surface area contributed by atoms with Gasteiger partial charge in [-0.05, 0) is 42.7 Å². The lowest BCUT2D eigenvalue weighted by molar-refractivity contribution is 0.340. The van der Waals surface area contributed by atoms with Crippen LogP contribution in [0.25, 0.3) is 10.9 Å². The molecule has 22 heavy (non-hydrogen) atoms. The molecule has 2 N–H and O–H groups in total. The van der Waals surface area contributed by atoms with Gasteiger partial charge in [0.2, 0.25) is 0 Å². The maximum Gasteiger partial charge on any atom is 0.119 e. The molecule has 1 aliphatic rings. The van der Waals surface area contributed by atoms with Crippen LogP contribution in [0, 0.1) is 0 Å². The minimum atomic E-state index is 0.229. The predicted molar refractivity (Wildman–Crippen MR) is 89.5 cm³/mol. The fourth-order valence-electron chi connectivity index (χ4n) is 3.39. The second-order valence-electron chi connectivity index (χ2n) is 5.70. The van der Waals surface area contributed by atoms with Gasteiger partial charge in [-0.15, -0.1) is 0 Å². The molecule has 1 aromatic heterocycles. The molecule has 0 aliphatic carbocycles. The van der Waals surface area contributed by atoms with Crippen LogP contribution in [0.4, 0.5) is 0 Å². The summed E-state index contributed by atoms with van der Waals surface area (Å²) in [6.45, 7) is 3.72. The van der Waals surface area contributed by atoms with Gasteiger partial charge in [0, 0.05) is 23.1 Å². The molecular weight excluding hydrogens is 272 g/mol. The Kier molecular flexibility index (Phi) is 3.35. The highest BCUT2D eigenvalue weighted by atomic mass is 16.5. The van der Waals surface area contributed by atoms with E-state index in [1.54, 1.807) is 0 Å². The monoisotopic (exact) mass is 292 g/mol. The molecule has 1 unspecified atom stereocenters. The van der Waals surface area contributed by atoms with Crippen LogP contribution in [-0.2, 0) is 6.42 Å². The zero-order valence-electron chi connectivity index (χ0n) is 12.7. The van der Waals surface area contributed by atoms with Crippen LogP contribution < -0.4 is 10.1 Å². The number of ether oxygens (including phenoxy) is 1. The molecule has 0 bridgehead atoms. The van der Waals surface area contributed by atoms with E-state index < -0.39 is 0 Å². The van der Waals surface area contributed by atoms with Crippen molar-refractivity contribution in [3.05, 3.63) is 65.4 Å². The Bertz CT molecular complexity index is 789. The van der Waals surface area contributed by atoms with Crippen molar-refractivity contribution < 1.29 is 4.74 Å². The van der Waals surface area contributed by atoms with E-state index >= 15 is 0 Å². The third-order valence-corrected chi connectivity index (χ3v) is 4.38. The first-order chi connectivity index (χ1) is 10.9. The van der Waals surface area contributed by atoms with E-state index in [4.69, 9.17) is 4.74 Å². The molecule has 1 aliphatic heterocycles. The molecule has 0 amide bonds. The predicted octanol–water partition coefficient (Wildman–Crippen LogP) is 3.80. The first kappa shape index (κ1) is 13.4. The van der Waals surface area contributed by atoms with Crippen molar-refractivity contribution in [2.75, 3.05) is 13.2 Å². The van der Waals surface area contributed by atoms with Crippen LogP contribution in [0.2, 0.25) is 0 Å². The quantitative estimate of drug-likeness (QED) is 0.770. The van der Waals surface area contributed by atoms with Gasteiger partial charge in [-0.2, -0.15) is 0 Å². The zero-order chi connectivity index (χ0) is 14.9. The molecule has 0 spiro atoms. The summed E-state index contributed by atoms with van der Waals surface area (Å²) in [5, 5.41) is 4.99. The molecule has 2 aromatic carbocycles. The highest BCUT2D eigenvalue weighted by molar-refractivity contribution is 5.85. The molecule has 3 aromatic rings. The van der Waals surface area contributed by atoms with Gasteiger partial charge in [0.15, 0.2) is 0 Å². The summed E-state index contributed by atoms with van der Waals surface area (Å²) in [4.78, 5) is 3.61. The first-order valence-electron chi connectivity index (χ1n) is 7.92. The standard InChI is InChI=1S/C19H20N2O/c1-2-22-14-9-7-13(8-10-14)18-19-16(11-12-20-18)15-5-3-4-6-17(15)21-19/h3-10,18,20-21H,2,11-12H2,1H3. The Labute approximate surface area is 130 Å². The minimum Gasteiger partial charge on any atom is -0.494 e. The van der Waals surface area contributed by atoms with Crippen molar-refractivity contribution in [2.24, 2.45) is 0 Å². The number of H-pyrrole nitrogens is 1. The molecule has 1 atom stereocenters. The number of aromatic nitrogens is 1. The molecular formula is C19H20N2O. The molecule has 4 rings (SSSR count). The van der Waals surface area contributed by atoms with Crippen LogP contribution in [0.3, 0.4) is 0 Å². The number of para-hydroxylation sites is 1. The van der Waals surface area contributed by atoms with Crippen molar-refractivity contribution in [1.82, 2.24) is 10.3 Å². The van der Waals surface area contributed by atoms with Crippen LogP contribution in [0.15, 0.2) is 48.5 Å². The Morgan fingerprint density at radius 3 is 2.73 bits per heavy atom. The Morgan fingerprint density at radius 1 is 1.09 bits per heavy atom. The van der Waals surface area contributed by atoms with Crippen LogP contribution >= 0.6 is 0 Å². The van der Waals surface area contributed by atoms with E-state index in [-0.39, 0.29) is 6.04 Å². The van der Waals surface area contributed by atoms with Gasteiger partial charge >= 0.3 is 0 Å². The highest BCUT2D eigenvalue weighted by Crippen LogP contribution is 2.33. The minimum absolute atomic E-state index is 0.229. The summed E-state index contributed by atoms with van der Waals surface area (Å²) in [5.41, 5.74) is 5.26. The van der Waals surface area contributed by atoms with Crippen molar-refractivity contribution in [3.63, 3.8) is 0 Å². The molecule has 2 heterocycles. The third-order valence-electron chi connectivity index (χ3n) is 4.38. The lowest BCUT2D eigenvalue weighted by Crippen LogP contribution is -2.30. The average Bonchev–Trinajstić information content (AvgIpc) is 2.95. The van der Waals surface area contributed by atoms with E-state index in [2.05, 4.69) is 58.8 Å². The number of hydrogen-bond acceptors (Lipinski definition) is 2. The summed E-state index contributed by atoms with van der Waals surface area (Å²) in [6.07, 6.45) is 1.08. The topological polar surface area (TPSA) is 37.0 Å². The van der Waals surface area contributed by atoms with Gasteiger partial charge in [0.1, 0.15) is 5.75 Å². The van der Waals surface area contributed by atoms with Crippen molar-refractivity contribution >= 4 is 10.9 Å². The number of aromatic amines is 1. The van der Waals surface area contributed by atoms with Crippen LogP contribution in [0.5, 0.6) is 5.75 Å². The summed E-state index contributed by atoms with van der Waals surface area (Å²) >= 11 is 0. The smallest absolute Gasteiger partial charge is 0.119 e. The third kappa shape index (κ3) is 2.18. The van der Waals surface area contributed by atoms with Gasteiger partial charge in [-0.3, -0.25) is 0 Å². The maximum absolute atomic E-state index is 5.54. The Balaban J connectivity index is 1.75. The second kappa shape index (κ2) is 5.50. The molecule has 0 saturated carbocycles. The molecule has 0 fully saturated rings. The molecule has 3 nitrogen and oxygen atoms in total. The number of nitrogens with one attached hydrogen (secondary N) is 2. The maximum atomic E-state index is 5.54. The van der Waals surface area contributed by atoms with Crippen molar-refractivity contribution in [2.45, 2.75) is 19.4 Å². The average molecular weight is 292 g/mol. The van der Waals surface area contributed by atoms with Crippen molar-refractivity contribution in [1.29, 1.82) is 0 Å². The number of rotatable bonds is 3. The molecule has 0 saturated heterocycles. The van der Waals surface area contributed by atoms with Gasteiger partial charge in [-0.25, -0.2) is 0 Å². The Morgan fingerprint density at radius 2 is 1.91 bits per heavy atom. The summed E-state index contributed by atoms with van der Waals surface area (Å²) < 4.78 is 5.54. The van der Waals surface area contributed by atoms with Crippen molar-refractivity contribution in [3.8, 4) is 5.75 Å². The summed E-state index contributed by atoms with van der Waals surface area (Å²) in [6, 6.07) is 17.2. The van der Waals surface area contributed by atoms with E-state index in [1.807, 2.05) is 6.92 Å². The van der Waals surface area contributed by atoms with E-state index in [0.717, 1.165) is 18.7 Å². The molecule has 112 valence electrons. The van der Waals surface area contributed by atoms with Crippen LogP contribution in [0.1, 0.15) is 29.8 Å². The van der Waals surface area contributed by atoms with E-state index in [1.165, 1.54) is 27.7 Å². The lowest BCUT2D eigenvalue weighted by atomic mass is 9.94. The summed E-state index contributed by atoms with van der Waals surface area (Å²) in [7, 11) is 0. The van der Waals surface area contributed by atoms with Gasteiger partial charge in [-0.1, -0.05) is 30.3 Å². The number of benzene rings is 2. The summed E-state index contributed by atoms with van der Waals surface area (Å²) in [5.74, 6) is 0.930. The van der Waals surface area contributed by atoms with E-state index in [9.17, 15) is 0 Å². The molecule has 3 heteroatoms. The van der Waals surface area contributed by atoms with Crippen LogP contribution in [-0.4, -0.2) is 18.1 Å². The zero-order valence-corrected chi connectivity index (χ0v) is 12.7. The van der Waals surface area contributed by atoms with Gasteiger partial charge in [0.05, 0.1) is 12.6 Å². The normalized spacial score (nSPS) is 17.4. The van der Waals surface area contributed by atoms with E-state index in [0.29, 0.717) is 6.61 Å². The van der Waals surface area contributed by atoms with Gasteiger partial charge < -0.3 is 15.0 Å². The fourth-order valence-corrected chi connectivity index (χ4v) is 3.39. The Hall–Kier alpha value is -2.26.